The van der Waals surface area contributed by atoms with Crippen LogP contribution in [0.15, 0.2) is 53.2 Å². The molecule has 0 radical (unpaired) electrons. The smallest absolute Gasteiger partial charge is 0.0827 e. The van der Waals surface area contributed by atoms with Crippen LogP contribution in [0.1, 0.15) is 19.3 Å². The van der Waals surface area contributed by atoms with E-state index in [1.165, 1.54) is 5.57 Å². The standard InChI is InChI=1S/C20H29ClN4/c1-25-13-3-2-4-20(25)19(16-5-7-17(21)8-6-16)10-12-22-11-9-18-14-23-15-24-18/h2-7,13,15,17-20,22H,8-12,14H2,1H3,(H,23,24). The molecule has 0 saturated carbocycles. The fourth-order valence-corrected chi connectivity index (χ4v) is 3.82. The fraction of sp³-hybridized carbons (Fsp3) is 0.550. The number of aliphatic imine (C=N–C) groups is 1. The minimum absolute atomic E-state index is 0.142. The first-order valence-electron chi connectivity index (χ1n) is 9.28. The maximum atomic E-state index is 6.21. The summed E-state index contributed by atoms with van der Waals surface area (Å²) in [5.41, 5.74) is 1.42. The topological polar surface area (TPSA) is 39.7 Å². The first kappa shape index (κ1) is 18.3. The molecule has 2 N–H and O–H groups in total. The zero-order chi connectivity index (χ0) is 17.5. The lowest BCUT2D eigenvalue weighted by Crippen LogP contribution is -2.37. The van der Waals surface area contributed by atoms with Gasteiger partial charge in [0.2, 0.25) is 0 Å². The summed E-state index contributed by atoms with van der Waals surface area (Å²) in [5.74, 6) is 0.479. The van der Waals surface area contributed by atoms with Crippen molar-refractivity contribution in [2.24, 2.45) is 10.9 Å². The van der Waals surface area contributed by atoms with Crippen LogP contribution in [0, 0.1) is 5.92 Å². The SMILES string of the molecule is CN1C=CC=CC1C(CCNCCC1CN=CN1)C1=CCC(Cl)C=C1. The van der Waals surface area contributed by atoms with E-state index in [1.807, 2.05) is 6.34 Å². The molecule has 0 aromatic rings. The van der Waals surface area contributed by atoms with Crippen molar-refractivity contribution in [3.8, 4) is 0 Å². The van der Waals surface area contributed by atoms with Crippen molar-refractivity contribution in [1.82, 2.24) is 15.5 Å². The Labute approximate surface area is 156 Å². The lowest BCUT2D eigenvalue weighted by molar-refractivity contribution is 0.293. The van der Waals surface area contributed by atoms with Crippen LogP contribution in [-0.2, 0) is 0 Å². The second-order valence-electron chi connectivity index (χ2n) is 6.99. The molecule has 0 aromatic heterocycles. The van der Waals surface area contributed by atoms with E-state index in [2.05, 4.69) is 70.2 Å². The molecular formula is C20H29ClN4. The molecule has 1 aliphatic carbocycles. The average Bonchev–Trinajstić information content (AvgIpc) is 3.14. The monoisotopic (exact) mass is 360 g/mol. The predicted octanol–water partition coefficient (Wildman–Crippen LogP) is 2.85. The van der Waals surface area contributed by atoms with Crippen LogP contribution >= 0.6 is 11.6 Å². The van der Waals surface area contributed by atoms with Crippen LogP contribution in [0.4, 0.5) is 0 Å². The summed E-state index contributed by atoms with van der Waals surface area (Å²) in [7, 11) is 2.16. The van der Waals surface area contributed by atoms with Gasteiger partial charge in [-0.3, -0.25) is 4.99 Å². The van der Waals surface area contributed by atoms with Crippen molar-refractivity contribution in [3.05, 3.63) is 48.2 Å². The van der Waals surface area contributed by atoms with Crippen LogP contribution in [0.2, 0.25) is 0 Å². The largest absolute Gasteiger partial charge is 0.373 e. The van der Waals surface area contributed by atoms with Gasteiger partial charge in [0, 0.05) is 19.0 Å². The van der Waals surface area contributed by atoms with E-state index in [1.54, 1.807) is 0 Å². The molecule has 0 aromatic carbocycles. The number of halogens is 1. The van der Waals surface area contributed by atoms with Crippen LogP contribution < -0.4 is 10.6 Å². The molecule has 2 aliphatic heterocycles. The van der Waals surface area contributed by atoms with Crippen molar-refractivity contribution in [1.29, 1.82) is 0 Å². The van der Waals surface area contributed by atoms with Gasteiger partial charge in [-0.2, -0.15) is 0 Å². The average molecular weight is 361 g/mol. The molecule has 4 unspecified atom stereocenters. The Balaban J connectivity index is 1.52. The highest BCUT2D eigenvalue weighted by Gasteiger charge is 2.26. The van der Waals surface area contributed by atoms with Gasteiger partial charge in [-0.05, 0) is 50.2 Å². The molecule has 25 heavy (non-hydrogen) atoms. The van der Waals surface area contributed by atoms with Crippen molar-refractivity contribution < 1.29 is 0 Å². The van der Waals surface area contributed by atoms with E-state index in [0.717, 1.165) is 38.9 Å². The van der Waals surface area contributed by atoms with E-state index in [4.69, 9.17) is 11.6 Å². The molecule has 4 nitrogen and oxygen atoms in total. The van der Waals surface area contributed by atoms with E-state index in [-0.39, 0.29) is 5.38 Å². The number of allylic oxidation sites excluding steroid dienone is 5. The molecule has 3 rings (SSSR count). The Morgan fingerprint density at radius 3 is 3.00 bits per heavy atom. The second-order valence-corrected chi connectivity index (χ2v) is 7.55. The molecule has 4 atom stereocenters. The summed E-state index contributed by atoms with van der Waals surface area (Å²) in [5, 5.41) is 7.04. The zero-order valence-electron chi connectivity index (χ0n) is 14.9. The molecule has 2 heterocycles. The highest BCUT2D eigenvalue weighted by molar-refractivity contribution is 6.22. The van der Waals surface area contributed by atoms with Crippen molar-refractivity contribution in [2.75, 3.05) is 26.7 Å². The summed E-state index contributed by atoms with van der Waals surface area (Å²) >= 11 is 6.21. The zero-order valence-corrected chi connectivity index (χ0v) is 15.7. The number of hydrogen-bond donors (Lipinski definition) is 2. The molecule has 3 aliphatic rings. The third kappa shape index (κ3) is 5.23. The minimum Gasteiger partial charge on any atom is -0.373 e. The van der Waals surface area contributed by atoms with Gasteiger partial charge in [0.05, 0.1) is 24.3 Å². The summed E-state index contributed by atoms with van der Waals surface area (Å²) in [6.07, 6.45) is 20.4. The van der Waals surface area contributed by atoms with Gasteiger partial charge in [0.1, 0.15) is 0 Å². The molecular weight excluding hydrogens is 332 g/mol. The molecule has 0 spiro atoms. The lowest BCUT2D eigenvalue weighted by atomic mass is 9.84. The Kier molecular flexibility index (Phi) is 6.76. The maximum Gasteiger partial charge on any atom is 0.0827 e. The van der Waals surface area contributed by atoms with Crippen molar-refractivity contribution >= 4 is 17.9 Å². The number of hydrogen-bond acceptors (Lipinski definition) is 4. The van der Waals surface area contributed by atoms with Gasteiger partial charge in [-0.25, -0.2) is 0 Å². The third-order valence-corrected chi connectivity index (χ3v) is 5.48. The van der Waals surface area contributed by atoms with Crippen LogP contribution in [-0.4, -0.2) is 55.4 Å². The number of nitrogens with one attached hydrogen (secondary N) is 2. The van der Waals surface area contributed by atoms with Crippen molar-refractivity contribution in [2.45, 2.75) is 36.7 Å². The molecule has 136 valence electrons. The third-order valence-electron chi connectivity index (χ3n) is 5.16. The highest BCUT2D eigenvalue weighted by Crippen LogP contribution is 2.30. The number of nitrogens with zero attached hydrogens (tertiary/aromatic N) is 2. The molecule has 0 saturated heterocycles. The number of alkyl halides is 1. The summed E-state index contributed by atoms with van der Waals surface area (Å²) in [4.78, 5) is 6.53. The summed E-state index contributed by atoms with van der Waals surface area (Å²) in [6.45, 7) is 2.96. The lowest BCUT2D eigenvalue weighted by Gasteiger charge is -2.35. The summed E-state index contributed by atoms with van der Waals surface area (Å²) < 4.78 is 0. The summed E-state index contributed by atoms with van der Waals surface area (Å²) in [6, 6.07) is 0.907. The number of rotatable bonds is 8. The quantitative estimate of drug-likeness (QED) is 0.516. The first-order chi connectivity index (χ1) is 12.2. The van der Waals surface area contributed by atoms with Gasteiger partial charge in [0.25, 0.3) is 0 Å². The first-order valence-corrected chi connectivity index (χ1v) is 9.72. The molecule has 0 fully saturated rings. The Morgan fingerprint density at radius 2 is 2.28 bits per heavy atom. The predicted molar refractivity (Wildman–Crippen MR) is 107 cm³/mol. The van der Waals surface area contributed by atoms with Crippen LogP contribution in [0.25, 0.3) is 0 Å². The fourth-order valence-electron chi connectivity index (χ4n) is 3.66. The molecule has 0 bridgehead atoms. The van der Waals surface area contributed by atoms with Gasteiger partial charge in [0.15, 0.2) is 0 Å². The van der Waals surface area contributed by atoms with Crippen LogP contribution in [0.5, 0.6) is 0 Å². The van der Waals surface area contributed by atoms with Gasteiger partial charge >= 0.3 is 0 Å². The second kappa shape index (κ2) is 9.25. The highest BCUT2D eigenvalue weighted by atomic mass is 35.5. The van der Waals surface area contributed by atoms with Crippen molar-refractivity contribution in [3.63, 3.8) is 0 Å². The van der Waals surface area contributed by atoms with E-state index < -0.39 is 0 Å². The van der Waals surface area contributed by atoms with Crippen LogP contribution in [0.3, 0.4) is 0 Å². The molecule has 0 amide bonds. The normalized spacial score (nSPS) is 29.0. The number of likely N-dealkylation sites (N-methyl/N-ethyl adjacent to an activating group) is 1. The maximum absolute atomic E-state index is 6.21. The Hall–Kier alpha value is -1.52. The van der Waals surface area contributed by atoms with Gasteiger partial charge in [-0.1, -0.05) is 30.4 Å². The van der Waals surface area contributed by atoms with Gasteiger partial charge < -0.3 is 15.5 Å². The van der Waals surface area contributed by atoms with E-state index >= 15 is 0 Å². The minimum atomic E-state index is 0.142. The van der Waals surface area contributed by atoms with E-state index in [9.17, 15) is 0 Å². The Morgan fingerprint density at radius 1 is 1.36 bits per heavy atom. The molecule has 5 heteroatoms. The van der Waals surface area contributed by atoms with Gasteiger partial charge in [-0.15, -0.1) is 11.6 Å². The Bertz CT molecular complexity index is 570. The van der Waals surface area contributed by atoms with E-state index in [0.29, 0.717) is 18.0 Å².